The predicted octanol–water partition coefficient (Wildman–Crippen LogP) is 3.64. The molecule has 1 aliphatic heterocycles. The highest BCUT2D eigenvalue weighted by Crippen LogP contribution is 2.33. The van der Waals surface area contributed by atoms with Crippen molar-refractivity contribution in [1.82, 2.24) is 20.1 Å². The number of aromatic nitrogens is 1. The molecule has 1 saturated heterocycles. The van der Waals surface area contributed by atoms with Crippen molar-refractivity contribution in [1.29, 1.82) is 0 Å². The summed E-state index contributed by atoms with van der Waals surface area (Å²) < 4.78 is 39.2. The largest absolute Gasteiger partial charge is 0.416 e. The molecule has 5 nitrogen and oxygen atoms in total. The molecule has 3 rings (SSSR count). The summed E-state index contributed by atoms with van der Waals surface area (Å²) in [6, 6.07) is 3.59. The van der Waals surface area contributed by atoms with E-state index < -0.39 is 11.7 Å². The molecule has 1 N–H and O–H groups in total. The molecule has 1 aromatic carbocycles. The van der Waals surface area contributed by atoms with Crippen molar-refractivity contribution in [3.8, 4) is 0 Å². The Hall–Kier alpha value is -1.71. The molecule has 0 spiro atoms. The van der Waals surface area contributed by atoms with Gasteiger partial charge >= 0.3 is 6.18 Å². The molecule has 2 aromatic rings. The highest BCUT2D eigenvalue weighted by Gasteiger charge is 2.30. The van der Waals surface area contributed by atoms with E-state index in [-0.39, 0.29) is 5.91 Å². The van der Waals surface area contributed by atoms with Gasteiger partial charge in [-0.1, -0.05) is 0 Å². The summed E-state index contributed by atoms with van der Waals surface area (Å²) >= 11 is 1.34. The van der Waals surface area contributed by atoms with E-state index >= 15 is 0 Å². The van der Waals surface area contributed by atoms with Crippen LogP contribution >= 0.6 is 11.3 Å². The predicted molar refractivity (Wildman–Crippen MR) is 114 cm³/mol. The first-order chi connectivity index (χ1) is 14.2. The molecule has 166 valence electrons. The fraction of sp³-hybridized carbons (Fsp3) is 0.619. The van der Waals surface area contributed by atoms with Crippen LogP contribution in [0.1, 0.15) is 29.8 Å². The van der Waals surface area contributed by atoms with Gasteiger partial charge in [0.15, 0.2) is 0 Å². The second-order valence-electron chi connectivity index (χ2n) is 8.18. The van der Waals surface area contributed by atoms with Crippen LogP contribution in [-0.4, -0.2) is 67.5 Å². The average Bonchev–Trinajstić information content (AvgIpc) is 3.11. The Morgan fingerprint density at radius 3 is 2.70 bits per heavy atom. The molecule has 0 atom stereocenters. The Kier molecular flexibility index (Phi) is 7.70. The van der Waals surface area contributed by atoms with Crippen LogP contribution in [-0.2, 0) is 17.4 Å². The number of likely N-dealkylation sites (tertiary alicyclic amines) is 1. The molecule has 1 aromatic heterocycles. The lowest BCUT2D eigenvalue weighted by Crippen LogP contribution is -2.41. The molecule has 0 bridgehead atoms. The molecule has 1 aliphatic rings. The lowest BCUT2D eigenvalue weighted by molar-refractivity contribution is -0.137. The van der Waals surface area contributed by atoms with Crippen LogP contribution < -0.4 is 5.32 Å². The Balaban J connectivity index is 1.40. The molecule has 0 unspecified atom stereocenters. The topological polar surface area (TPSA) is 48.5 Å². The van der Waals surface area contributed by atoms with Gasteiger partial charge in [-0.2, -0.15) is 13.2 Å². The zero-order valence-corrected chi connectivity index (χ0v) is 18.3. The van der Waals surface area contributed by atoms with Gasteiger partial charge in [-0.3, -0.25) is 4.79 Å². The van der Waals surface area contributed by atoms with Gasteiger partial charge in [0.25, 0.3) is 0 Å². The van der Waals surface area contributed by atoms with Crippen LogP contribution in [0.15, 0.2) is 18.2 Å². The maximum atomic E-state index is 12.8. The first-order valence-electron chi connectivity index (χ1n) is 10.3. The SMILES string of the molecule is CN(C)CCN1CCC(CNC(=O)CCc2nc3cc(C(F)(F)F)ccc3s2)CC1. The molecule has 2 heterocycles. The fourth-order valence-corrected chi connectivity index (χ4v) is 4.53. The Labute approximate surface area is 179 Å². The summed E-state index contributed by atoms with van der Waals surface area (Å²) in [7, 11) is 4.16. The maximum absolute atomic E-state index is 12.8. The second-order valence-corrected chi connectivity index (χ2v) is 9.30. The van der Waals surface area contributed by atoms with Crippen molar-refractivity contribution in [3.05, 3.63) is 28.8 Å². The maximum Gasteiger partial charge on any atom is 0.416 e. The van der Waals surface area contributed by atoms with Crippen molar-refractivity contribution < 1.29 is 18.0 Å². The van der Waals surface area contributed by atoms with Crippen molar-refractivity contribution in [2.24, 2.45) is 5.92 Å². The summed E-state index contributed by atoms with van der Waals surface area (Å²) in [6.07, 6.45) is -1.45. The lowest BCUT2D eigenvalue weighted by atomic mass is 9.96. The summed E-state index contributed by atoms with van der Waals surface area (Å²) in [4.78, 5) is 21.1. The number of alkyl halides is 3. The van der Waals surface area contributed by atoms with E-state index in [0.717, 1.165) is 51.2 Å². The smallest absolute Gasteiger partial charge is 0.356 e. The van der Waals surface area contributed by atoms with E-state index in [1.165, 1.54) is 17.4 Å². The van der Waals surface area contributed by atoms with Crippen LogP contribution in [0.2, 0.25) is 0 Å². The third-order valence-corrected chi connectivity index (χ3v) is 6.58. The van der Waals surface area contributed by atoms with E-state index in [4.69, 9.17) is 0 Å². The van der Waals surface area contributed by atoms with Gasteiger partial charge in [-0.05, 0) is 64.1 Å². The zero-order valence-electron chi connectivity index (χ0n) is 17.5. The van der Waals surface area contributed by atoms with E-state index in [1.54, 1.807) is 0 Å². The fourth-order valence-electron chi connectivity index (χ4n) is 3.58. The van der Waals surface area contributed by atoms with E-state index in [0.29, 0.717) is 40.5 Å². The molecular formula is C21H29F3N4OS. The van der Waals surface area contributed by atoms with Crippen LogP contribution in [0.4, 0.5) is 13.2 Å². The van der Waals surface area contributed by atoms with Crippen LogP contribution in [0.25, 0.3) is 10.2 Å². The lowest BCUT2D eigenvalue weighted by Gasteiger charge is -2.32. The monoisotopic (exact) mass is 442 g/mol. The number of likely N-dealkylation sites (N-methyl/N-ethyl adjacent to an activating group) is 1. The van der Waals surface area contributed by atoms with Gasteiger partial charge in [0.2, 0.25) is 5.91 Å². The van der Waals surface area contributed by atoms with Gasteiger partial charge in [-0.15, -0.1) is 11.3 Å². The van der Waals surface area contributed by atoms with Crippen LogP contribution in [0.5, 0.6) is 0 Å². The summed E-state index contributed by atoms with van der Waals surface area (Å²) in [6.45, 7) is 4.97. The number of amides is 1. The van der Waals surface area contributed by atoms with Crippen LogP contribution in [0.3, 0.4) is 0 Å². The van der Waals surface area contributed by atoms with Crippen molar-refractivity contribution in [2.45, 2.75) is 31.9 Å². The van der Waals surface area contributed by atoms with Gasteiger partial charge in [0.1, 0.15) is 0 Å². The quantitative estimate of drug-likeness (QED) is 0.678. The van der Waals surface area contributed by atoms with Crippen molar-refractivity contribution in [3.63, 3.8) is 0 Å². The molecule has 1 fully saturated rings. The van der Waals surface area contributed by atoms with Crippen molar-refractivity contribution in [2.75, 3.05) is 46.8 Å². The number of carbonyl (C=O) groups is 1. The Morgan fingerprint density at radius 1 is 1.30 bits per heavy atom. The Bertz CT molecular complexity index is 844. The average molecular weight is 443 g/mol. The number of piperidine rings is 1. The number of hydrogen-bond donors (Lipinski definition) is 1. The first kappa shape index (κ1) is 23.0. The minimum absolute atomic E-state index is 0.0275. The highest BCUT2D eigenvalue weighted by molar-refractivity contribution is 7.18. The Morgan fingerprint density at radius 2 is 2.03 bits per heavy atom. The third kappa shape index (κ3) is 6.65. The molecular weight excluding hydrogens is 413 g/mol. The van der Waals surface area contributed by atoms with Gasteiger partial charge in [0, 0.05) is 32.5 Å². The minimum Gasteiger partial charge on any atom is -0.356 e. The molecule has 9 heteroatoms. The zero-order chi connectivity index (χ0) is 21.7. The van der Waals surface area contributed by atoms with E-state index in [2.05, 4.69) is 34.2 Å². The van der Waals surface area contributed by atoms with Gasteiger partial charge < -0.3 is 15.1 Å². The number of nitrogens with zero attached hydrogens (tertiary/aromatic N) is 3. The number of fused-ring (bicyclic) bond motifs is 1. The number of hydrogen-bond acceptors (Lipinski definition) is 5. The first-order valence-corrected chi connectivity index (χ1v) is 11.1. The minimum atomic E-state index is -4.37. The van der Waals surface area contributed by atoms with Crippen LogP contribution in [0, 0.1) is 5.92 Å². The highest BCUT2D eigenvalue weighted by atomic mass is 32.1. The summed E-state index contributed by atoms with van der Waals surface area (Å²) in [5, 5.41) is 3.70. The number of carbonyl (C=O) groups excluding carboxylic acids is 1. The molecule has 0 saturated carbocycles. The standard InChI is InChI=1S/C21H29F3N4OS/c1-27(2)11-12-28-9-7-15(8-10-28)14-25-19(29)5-6-20-26-17-13-16(21(22,23)24)3-4-18(17)30-20/h3-4,13,15H,5-12,14H2,1-2H3,(H,25,29). The van der Waals surface area contributed by atoms with Gasteiger partial charge in [0.05, 0.1) is 20.8 Å². The van der Waals surface area contributed by atoms with E-state index in [1.807, 2.05) is 0 Å². The molecule has 0 aliphatic carbocycles. The van der Waals surface area contributed by atoms with Crippen molar-refractivity contribution >= 4 is 27.5 Å². The molecule has 30 heavy (non-hydrogen) atoms. The summed E-state index contributed by atoms with van der Waals surface area (Å²) in [5.74, 6) is 0.480. The second kappa shape index (κ2) is 10.1. The number of halogens is 3. The number of nitrogens with one attached hydrogen (secondary N) is 1. The molecule has 0 radical (unpaired) electrons. The number of aryl methyl sites for hydroxylation is 1. The number of benzene rings is 1. The number of rotatable bonds is 8. The van der Waals surface area contributed by atoms with E-state index in [9.17, 15) is 18.0 Å². The summed E-state index contributed by atoms with van der Waals surface area (Å²) in [5.41, 5.74) is -0.358. The third-order valence-electron chi connectivity index (χ3n) is 5.48. The normalized spacial score (nSPS) is 16.5. The van der Waals surface area contributed by atoms with Gasteiger partial charge in [-0.25, -0.2) is 4.98 Å². The number of thiazole rings is 1. The molecule has 1 amide bonds.